The van der Waals surface area contributed by atoms with Gasteiger partial charge in [0.15, 0.2) is 0 Å². The number of hydrogen-bond donors (Lipinski definition) is 1. The van der Waals surface area contributed by atoms with E-state index >= 15 is 0 Å². The Bertz CT molecular complexity index is 643. The smallest absolute Gasteiger partial charge is 0.308 e. The van der Waals surface area contributed by atoms with Crippen molar-refractivity contribution < 1.29 is 14.6 Å². The molecule has 0 amide bonds. The number of ether oxygens (including phenoxy) is 1. The molecule has 0 unspecified atom stereocenters. The van der Waals surface area contributed by atoms with Crippen molar-refractivity contribution in [3.63, 3.8) is 0 Å². The Morgan fingerprint density at radius 2 is 1.75 bits per heavy atom. The quantitative estimate of drug-likeness (QED) is 0.523. The maximum atomic E-state index is 11.0. The molecule has 0 aliphatic carbocycles. The molecule has 0 atom stereocenters. The van der Waals surface area contributed by atoms with E-state index in [-0.39, 0.29) is 5.75 Å². The van der Waals surface area contributed by atoms with Crippen LogP contribution < -0.4 is 4.74 Å². The summed E-state index contributed by atoms with van der Waals surface area (Å²) in [6.07, 6.45) is 3.79. The Kier molecular flexibility index (Phi) is 4.20. The third-order valence-electron chi connectivity index (χ3n) is 2.88. The number of hydrogen-bond acceptors (Lipinski definition) is 3. The molecule has 102 valence electrons. The molecule has 3 heteroatoms. The fourth-order valence-electron chi connectivity index (χ4n) is 1.81. The number of esters is 1. The molecule has 0 radical (unpaired) electrons. The van der Waals surface area contributed by atoms with E-state index in [1.54, 1.807) is 19.1 Å². The summed E-state index contributed by atoms with van der Waals surface area (Å²) in [5.74, 6) is 0.0818. The highest BCUT2D eigenvalue weighted by atomic mass is 16.5. The number of phenols is 1. The molecular formula is C17H16O3. The van der Waals surface area contributed by atoms with E-state index in [0.29, 0.717) is 11.3 Å². The molecule has 0 aromatic heterocycles. The number of phenolic OH excluding ortho intramolecular Hbond substituents is 1. The van der Waals surface area contributed by atoms with E-state index in [9.17, 15) is 9.90 Å². The van der Waals surface area contributed by atoms with Crippen LogP contribution in [0.3, 0.4) is 0 Å². The van der Waals surface area contributed by atoms with Crippen LogP contribution in [0.2, 0.25) is 0 Å². The second-order valence-corrected chi connectivity index (χ2v) is 4.50. The number of carbonyl (C=O) groups is 1. The second kappa shape index (κ2) is 6.06. The van der Waals surface area contributed by atoms with E-state index in [1.165, 1.54) is 6.92 Å². The molecule has 3 nitrogen and oxygen atoms in total. The fraction of sp³-hybridized carbons (Fsp3) is 0.118. The lowest BCUT2D eigenvalue weighted by Crippen LogP contribution is -2.03. The van der Waals surface area contributed by atoms with Crippen LogP contribution >= 0.6 is 0 Å². The highest BCUT2D eigenvalue weighted by Gasteiger charge is 2.08. The Hall–Kier alpha value is -2.55. The minimum atomic E-state index is -0.406. The van der Waals surface area contributed by atoms with Crippen molar-refractivity contribution >= 4 is 18.1 Å². The van der Waals surface area contributed by atoms with E-state index < -0.39 is 5.97 Å². The molecule has 0 heterocycles. The highest BCUT2D eigenvalue weighted by Crippen LogP contribution is 2.29. The average molecular weight is 268 g/mol. The van der Waals surface area contributed by atoms with Crippen molar-refractivity contribution in [3.05, 3.63) is 59.2 Å². The summed E-state index contributed by atoms with van der Waals surface area (Å²) in [4.78, 5) is 11.0. The van der Waals surface area contributed by atoms with Crippen molar-refractivity contribution in [1.82, 2.24) is 0 Å². The van der Waals surface area contributed by atoms with Gasteiger partial charge in [0.1, 0.15) is 11.5 Å². The molecule has 0 saturated heterocycles. The van der Waals surface area contributed by atoms with Crippen LogP contribution in [0.25, 0.3) is 12.2 Å². The summed E-state index contributed by atoms with van der Waals surface area (Å²) in [5.41, 5.74) is 2.38. The highest BCUT2D eigenvalue weighted by molar-refractivity contribution is 5.74. The topological polar surface area (TPSA) is 46.5 Å². The van der Waals surface area contributed by atoms with Crippen molar-refractivity contribution in [2.24, 2.45) is 0 Å². The Morgan fingerprint density at radius 3 is 2.40 bits per heavy atom. The zero-order valence-corrected chi connectivity index (χ0v) is 11.5. The Morgan fingerprint density at radius 1 is 1.10 bits per heavy atom. The van der Waals surface area contributed by atoms with E-state index in [2.05, 4.69) is 0 Å². The average Bonchev–Trinajstić information content (AvgIpc) is 2.42. The van der Waals surface area contributed by atoms with E-state index in [0.717, 1.165) is 11.1 Å². The monoisotopic (exact) mass is 268 g/mol. The number of benzene rings is 2. The van der Waals surface area contributed by atoms with Crippen LogP contribution in [0.5, 0.6) is 11.5 Å². The molecule has 0 fully saturated rings. The Balaban J connectivity index is 2.31. The van der Waals surface area contributed by atoms with Crippen molar-refractivity contribution in [2.45, 2.75) is 13.8 Å². The van der Waals surface area contributed by atoms with Crippen molar-refractivity contribution in [3.8, 4) is 11.5 Å². The third-order valence-corrected chi connectivity index (χ3v) is 2.88. The van der Waals surface area contributed by atoms with Crippen LogP contribution in [0, 0.1) is 6.92 Å². The molecule has 0 spiro atoms. The second-order valence-electron chi connectivity index (χ2n) is 4.50. The lowest BCUT2D eigenvalue weighted by molar-refractivity contribution is -0.131. The minimum Gasteiger partial charge on any atom is -0.508 e. The van der Waals surface area contributed by atoms with Gasteiger partial charge in [-0.3, -0.25) is 4.79 Å². The Labute approximate surface area is 118 Å². The largest absolute Gasteiger partial charge is 0.508 e. The van der Waals surface area contributed by atoms with Gasteiger partial charge in [0, 0.05) is 12.5 Å². The maximum Gasteiger partial charge on any atom is 0.308 e. The van der Waals surface area contributed by atoms with Crippen LogP contribution in [-0.2, 0) is 4.79 Å². The van der Waals surface area contributed by atoms with Crippen molar-refractivity contribution in [1.29, 1.82) is 0 Å². The minimum absolute atomic E-state index is 0.108. The summed E-state index contributed by atoms with van der Waals surface area (Å²) in [6.45, 7) is 3.04. The SMILES string of the molecule is CC(=O)Oc1cc(/C=C/c2ccccc2)cc(O)c1C. The van der Waals surface area contributed by atoms with Gasteiger partial charge in [-0.1, -0.05) is 42.5 Å². The fourth-order valence-corrected chi connectivity index (χ4v) is 1.81. The van der Waals surface area contributed by atoms with Gasteiger partial charge in [0.05, 0.1) is 0 Å². The van der Waals surface area contributed by atoms with Gasteiger partial charge < -0.3 is 9.84 Å². The predicted octanol–water partition coefficient (Wildman–Crippen LogP) is 3.80. The molecule has 2 aromatic carbocycles. The number of rotatable bonds is 3. The van der Waals surface area contributed by atoms with Crippen LogP contribution in [0.1, 0.15) is 23.6 Å². The van der Waals surface area contributed by atoms with Gasteiger partial charge in [-0.15, -0.1) is 0 Å². The maximum absolute atomic E-state index is 11.0. The molecule has 0 saturated carbocycles. The number of carbonyl (C=O) groups excluding carboxylic acids is 1. The predicted molar refractivity (Wildman–Crippen MR) is 79.5 cm³/mol. The standard InChI is InChI=1S/C17H16O3/c1-12-16(19)10-15(11-17(12)20-13(2)18)9-8-14-6-4-3-5-7-14/h3-11,19H,1-2H3/b9-8+. The molecule has 0 bridgehead atoms. The van der Waals surface area contributed by atoms with E-state index in [4.69, 9.17) is 4.74 Å². The van der Waals surface area contributed by atoms with Crippen LogP contribution in [0.4, 0.5) is 0 Å². The van der Waals surface area contributed by atoms with Crippen molar-refractivity contribution in [2.75, 3.05) is 0 Å². The molecule has 2 aromatic rings. The zero-order chi connectivity index (χ0) is 14.5. The molecule has 0 aliphatic heterocycles. The molecule has 0 aliphatic rings. The van der Waals surface area contributed by atoms with Gasteiger partial charge in [0.2, 0.25) is 0 Å². The summed E-state index contributed by atoms with van der Waals surface area (Å²) >= 11 is 0. The van der Waals surface area contributed by atoms with Crippen LogP contribution in [0.15, 0.2) is 42.5 Å². The third kappa shape index (κ3) is 3.48. The molecule has 1 N–H and O–H groups in total. The van der Waals surface area contributed by atoms with Gasteiger partial charge in [-0.2, -0.15) is 0 Å². The lowest BCUT2D eigenvalue weighted by atomic mass is 10.1. The first-order valence-corrected chi connectivity index (χ1v) is 6.31. The first-order valence-electron chi connectivity index (χ1n) is 6.31. The van der Waals surface area contributed by atoms with Gasteiger partial charge in [0.25, 0.3) is 0 Å². The summed E-state index contributed by atoms with van der Waals surface area (Å²) in [7, 11) is 0. The normalized spacial score (nSPS) is 10.7. The van der Waals surface area contributed by atoms with Crippen LogP contribution in [-0.4, -0.2) is 11.1 Å². The summed E-state index contributed by atoms with van der Waals surface area (Å²) < 4.78 is 5.09. The first-order chi connectivity index (χ1) is 9.56. The van der Waals surface area contributed by atoms with Gasteiger partial charge >= 0.3 is 5.97 Å². The zero-order valence-electron chi connectivity index (χ0n) is 11.5. The number of aromatic hydroxyl groups is 1. The summed E-state index contributed by atoms with van der Waals surface area (Å²) in [6, 6.07) is 13.2. The van der Waals surface area contributed by atoms with E-state index in [1.807, 2.05) is 42.5 Å². The van der Waals surface area contributed by atoms with Gasteiger partial charge in [-0.05, 0) is 30.2 Å². The summed E-state index contributed by atoms with van der Waals surface area (Å²) in [5, 5.41) is 9.87. The lowest BCUT2D eigenvalue weighted by Gasteiger charge is -2.08. The first kappa shape index (κ1) is 13.9. The molecular weight excluding hydrogens is 252 g/mol. The van der Waals surface area contributed by atoms with Gasteiger partial charge in [-0.25, -0.2) is 0 Å². The molecule has 2 rings (SSSR count). The molecule has 20 heavy (non-hydrogen) atoms.